The fourth-order valence-electron chi connectivity index (χ4n) is 6.04. The van der Waals surface area contributed by atoms with E-state index in [2.05, 4.69) is 54.5 Å². The molecule has 0 aromatic heterocycles. The summed E-state index contributed by atoms with van der Waals surface area (Å²) in [4.78, 5) is 15.3. The molecule has 12 heteroatoms. The monoisotopic (exact) mass is 648 g/mol. The number of amides is 1. The topological polar surface area (TPSA) is 84.9 Å². The lowest BCUT2D eigenvalue weighted by Crippen LogP contribution is -2.67. The molecule has 1 N–H and O–H groups in total. The van der Waals surface area contributed by atoms with E-state index in [0.29, 0.717) is 17.7 Å². The quantitative estimate of drug-likeness (QED) is 0.211. The summed E-state index contributed by atoms with van der Waals surface area (Å²) >= 11 is 0. The van der Waals surface area contributed by atoms with E-state index in [9.17, 15) is 26.4 Å². The summed E-state index contributed by atoms with van der Waals surface area (Å²) in [7, 11) is -7.15. The average Bonchev–Trinajstić information content (AvgIpc) is 2.93. The van der Waals surface area contributed by atoms with E-state index in [-0.39, 0.29) is 23.5 Å². The van der Waals surface area contributed by atoms with Gasteiger partial charge in [-0.25, -0.2) is 0 Å². The Bertz CT molecular complexity index is 1520. The maximum absolute atomic E-state index is 13.7. The van der Waals surface area contributed by atoms with Crippen molar-refractivity contribution in [1.82, 2.24) is 5.32 Å². The lowest BCUT2D eigenvalue weighted by molar-refractivity contribution is -0.124. The lowest BCUT2D eigenvalue weighted by atomic mass is 9.95. The number of anilines is 1. The molecule has 0 bridgehead atoms. The minimum Gasteiger partial charge on any atom is -0.405 e. The number of benzene rings is 3. The van der Waals surface area contributed by atoms with Gasteiger partial charge in [0.25, 0.3) is 8.32 Å². The molecule has 0 unspecified atom stereocenters. The molecule has 0 radical (unpaired) electrons. The van der Waals surface area contributed by atoms with Gasteiger partial charge in [-0.05, 0) is 39.4 Å². The van der Waals surface area contributed by atoms with Crippen molar-refractivity contribution in [1.29, 1.82) is 0 Å². The number of nitrogens with zero attached hydrogens (tertiary/aromatic N) is 1. The minimum absolute atomic E-state index is 0.174. The van der Waals surface area contributed by atoms with Crippen molar-refractivity contribution in [3.63, 3.8) is 0 Å². The Morgan fingerprint density at radius 1 is 0.955 bits per heavy atom. The summed E-state index contributed by atoms with van der Waals surface area (Å²) in [6.45, 7) is 10.4. The molecule has 3 aromatic carbocycles. The highest BCUT2D eigenvalue weighted by atomic mass is 32.2. The molecule has 238 valence electrons. The van der Waals surface area contributed by atoms with E-state index in [1.807, 2.05) is 50.2 Å². The van der Waals surface area contributed by atoms with Gasteiger partial charge in [0.15, 0.2) is 0 Å². The maximum Gasteiger partial charge on any atom is 0.534 e. The maximum atomic E-state index is 13.7. The first kappa shape index (κ1) is 33.5. The molecule has 0 saturated carbocycles. The Labute approximate surface area is 258 Å². The second-order valence-corrected chi connectivity index (χ2v) is 18.3. The SMILES string of the molecule is CC(C)[C@H]1C(=O)N[C@H](CO[Si](c2ccccc2)(c2ccccc2)C(C)(C)C)Cc2ccc(OS(=O)(=O)C(F)(F)F)cc2N1C. The third-order valence-electron chi connectivity index (χ3n) is 7.97. The molecular formula is C32H39F3N2O5SSi. The highest BCUT2D eigenvalue weighted by molar-refractivity contribution is 7.88. The van der Waals surface area contributed by atoms with E-state index in [4.69, 9.17) is 4.43 Å². The van der Waals surface area contributed by atoms with E-state index in [0.717, 1.165) is 10.4 Å². The van der Waals surface area contributed by atoms with Crippen LogP contribution in [0.1, 0.15) is 40.2 Å². The van der Waals surface area contributed by atoms with Crippen molar-refractivity contribution in [2.45, 2.75) is 63.7 Å². The zero-order chi connectivity index (χ0) is 32.5. The smallest absolute Gasteiger partial charge is 0.405 e. The predicted molar refractivity (Wildman–Crippen MR) is 168 cm³/mol. The van der Waals surface area contributed by atoms with Gasteiger partial charge in [0.2, 0.25) is 5.91 Å². The molecule has 0 saturated heterocycles. The standard InChI is InChI=1S/C32H39F3N2O5SSi/c1-22(2)29-30(38)36-24(19-23-17-18-25(20-28(23)37(29)6)42-43(39,40)32(33,34)35)21-41-44(31(3,4)5,26-13-9-7-10-14-26)27-15-11-8-12-16-27/h7-18,20,22,24,29H,19,21H2,1-6H3,(H,36,38)/t24-,29-/m0/s1. The first-order valence-corrected chi connectivity index (χ1v) is 17.7. The van der Waals surface area contributed by atoms with Gasteiger partial charge in [-0.2, -0.15) is 21.6 Å². The summed E-state index contributed by atoms with van der Waals surface area (Å²) in [5, 5.41) is 5.04. The van der Waals surface area contributed by atoms with Crippen molar-refractivity contribution in [2.24, 2.45) is 5.92 Å². The van der Waals surface area contributed by atoms with Crippen molar-refractivity contribution >= 4 is 40.4 Å². The average molecular weight is 649 g/mol. The van der Waals surface area contributed by atoms with Crippen LogP contribution < -0.4 is 24.8 Å². The number of carbonyl (C=O) groups excluding carboxylic acids is 1. The molecule has 3 aromatic rings. The molecule has 44 heavy (non-hydrogen) atoms. The number of halogens is 3. The highest BCUT2D eigenvalue weighted by Crippen LogP contribution is 2.38. The van der Waals surface area contributed by atoms with Crippen LogP contribution in [0.25, 0.3) is 0 Å². The van der Waals surface area contributed by atoms with E-state index in [1.165, 1.54) is 18.2 Å². The largest absolute Gasteiger partial charge is 0.534 e. The fraction of sp³-hybridized carbons (Fsp3) is 0.406. The predicted octanol–water partition coefficient (Wildman–Crippen LogP) is 4.99. The molecule has 0 aliphatic carbocycles. The Kier molecular flexibility index (Phi) is 9.58. The van der Waals surface area contributed by atoms with E-state index >= 15 is 0 Å². The van der Waals surface area contributed by atoms with Crippen LogP contribution in [-0.2, 0) is 25.8 Å². The number of hydrogen-bond donors (Lipinski definition) is 1. The molecule has 2 atom stereocenters. The van der Waals surface area contributed by atoms with Gasteiger partial charge in [-0.15, -0.1) is 0 Å². The van der Waals surface area contributed by atoms with Gasteiger partial charge in [-0.3, -0.25) is 4.79 Å². The Morgan fingerprint density at radius 3 is 1.98 bits per heavy atom. The summed E-state index contributed by atoms with van der Waals surface area (Å²) in [6, 6.07) is 23.0. The fourth-order valence-corrected chi connectivity index (χ4v) is 11.1. The van der Waals surface area contributed by atoms with Crippen molar-refractivity contribution in [3.8, 4) is 5.75 Å². The number of alkyl halides is 3. The van der Waals surface area contributed by atoms with Gasteiger partial charge >= 0.3 is 15.6 Å². The number of nitrogens with one attached hydrogen (secondary N) is 1. The Hall–Kier alpha value is -3.35. The first-order valence-electron chi connectivity index (χ1n) is 14.4. The molecule has 1 aliphatic rings. The molecule has 1 heterocycles. The zero-order valence-corrected chi connectivity index (χ0v) is 27.5. The Morgan fingerprint density at radius 2 is 1.50 bits per heavy atom. The number of rotatable bonds is 8. The summed E-state index contributed by atoms with van der Waals surface area (Å²) < 4.78 is 74.1. The first-order chi connectivity index (χ1) is 20.5. The van der Waals surface area contributed by atoms with Gasteiger partial charge < -0.3 is 18.8 Å². The lowest BCUT2D eigenvalue weighted by Gasteiger charge is -2.44. The van der Waals surface area contributed by atoms with Crippen LogP contribution in [0.4, 0.5) is 18.9 Å². The van der Waals surface area contributed by atoms with Crippen LogP contribution in [0, 0.1) is 5.92 Å². The van der Waals surface area contributed by atoms with Crippen LogP contribution in [0.3, 0.4) is 0 Å². The number of fused-ring (bicyclic) bond motifs is 1. The minimum atomic E-state index is -5.87. The van der Waals surface area contributed by atoms with Crippen LogP contribution in [0.5, 0.6) is 5.75 Å². The molecule has 1 amide bonds. The third-order valence-corrected chi connectivity index (χ3v) is 14.0. The second-order valence-electron chi connectivity index (χ2n) is 12.5. The third kappa shape index (κ3) is 6.67. The second kappa shape index (κ2) is 12.6. The number of likely N-dealkylation sites (N-methyl/N-ethyl adjacent to an activating group) is 1. The van der Waals surface area contributed by atoms with Crippen molar-refractivity contribution < 1.29 is 35.0 Å². The molecule has 4 rings (SSSR count). The van der Waals surface area contributed by atoms with Gasteiger partial charge in [-0.1, -0.05) is 101 Å². The van der Waals surface area contributed by atoms with Gasteiger partial charge in [0.1, 0.15) is 11.8 Å². The number of carbonyl (C=O) groups is 1. The van der Waals surface area contributed by atoms with E-state index < -0.39 is 41.8 Å². The van der Waals surface area contributed by atoms with Crippen molar-refractivity contribution in [2.75, 3.05) is 18.6 Å². The summed E-state index contributed by atoms with van der Waals surface area (Å²) in [5.41, 5.74) is -4.47. The van der Waals surface area contributed by atoms with E-state index in [1.54, 1.807) is 11.9 Å². The molecule has 1 aliphatic heterocycles. The summed E-state index contributed by atoms with van der Waals surface area (Å²) in [6.07, 6.45) is 0.292. The van der Waals surface area contributed by atoms with Crippen LogP contribution in [0.2, 0.25) is 5.04 Å². The molecule has 7 nitrogen and oxygen atoms in total. The number of hydrogen-bond acceptors (Lipinski definition) is 6. The van der Waals surface area contributed by atoms with Crippen LogP contribution in [-0.4, -0.2) is 53.9 Å². The molecule has 0 spiro atoms. The normalized spacial score (nSPS) is 18.3. The van der Waals surface area contributed by atoms with Crippen molar-refractivity contribution in [3.05, 3.63) is 84.4 Å². The summed E-state index contributed by atoms with van der Waals surface area (Å²) in [5.74, 6) is -0.942. The van der Waals surface area contributed by atoms with Gasteiger partial charge in [0, 0.05) is 18.8 Å². The van der Waals surface area contributed by atoms with Crippen LogP contribution >= 0.6 is 0 Å². The zero-order valence-electron chi connectivity index (χ0n) is 25.7. The molecule has 0 fully saturated rings. The Balaban J connectivity index is 1.76. The molecular weight excluding hydrogens is 610 g/mol. The van der Waals surface area contributed by atoms with Gasteiger partial charge in [0.05, 0.1) is 12.6 Å². The van der Waals surface area contributed by atoms with Crippen LogP contribution in [0.15, 0.2) is 78.9 Å². The highest BCUT2D eigenvalue weighted by Gasteiger charge is 2.51.